The van der Waals surface area contributed by atoms with Crippen molar-refractivity contribution in [1.82, 2.24) is 0 Å². The second kappa shape index (κ2) is 9.52. The van der Waals surface area contributed by atoms with Crippen molar-refractivity contribution in [2.24, 2.45) is 5.92 Å². The monoisotopic (exact) mass is 389 g/mol. The van der Waals surface area contributed by atoms with Crippen LogP contribution in [0.3, 0.4) is 0 Å². The van der Waals surface area contributed by atoms with E-state index in [1.165, 1.54) is 21.3 Å². The summed E-state index contributed by atoms with van der Waals surface area (Å²) < 4.78 is 28.9. The molecule has 6 heteroatoms. The Kier molecular flexibility index (Phi) is 7.37. The second-order valence-corrected chi connectivity index (χ2v) is 8.22. The number of ether oxygens (including phenoxy) is 3. The SMILES string of the molecule is COc1cc(OC)c(C(=O)c2ccccc2[P](=O)CCC(C)C)c(OC)c1. The van der Waals surface area contributed by atoms with Crippen LogP contribution in [-0.4, -0.2) is 33.3 Å². The average molecular weight is 389 g/mol. The highest BCUT2D eigenvalue weighted by Gasteiger charge is 2.25. The van der Waals surface area contributed by atoms with Crippen molar-refractivity contribution >= 4 is 18.9 Å². The van der Waals surface area contributed by atoms with Gasteiger partial charge in [0.1, 0.15) is 30.6 Å². The van der Waals surface area contributed by atoms with Crippen LogP contribution in [0, 0.1) is 5.92 Å². The zero-order chi connectivity index (χ0) is 20.0. The fourth-order valence-electron chi connectivity index (χ4n) is 2.74. The molecule has 0 amide bonds. The van der Waals surface area contributed by atoms with Gasteiger partial charge in [-0.3, -0.25) is 9.36 Å². The summed E-state index contributed by atoms with van der Waals surface area (Å²) in [6.07, 6.45) is 1.39. The van der Waals surface area contributed by atoms with Gasteiger partial charge in [0.2, 0.25) is 5.78 Å². The van der Waals surface area contributed by atoms with Crippen molar-refractivity contribution in [3.8, 4) is 17.2 Å². The van der Waals surface area contributed by atoms with E-state index >= 15 is 0 Å². The van der Waals surface area contributed by atoms with Gasteiger partial charge in [-0.15, -0.1) is 0 Å². The van der Waals surface area contributed by atoms with Gasteiger partial charge < -0.3 is 14.2 Å². The summed E-state index contributed by atoms with van der Waals surface area (Å²) in [7, 11) is 2.84. The summed E-state index contributed by atoms with van der Waals surface area (Å²) in [5.41, 5.74) is 0.699. The number of rotatable bonds is 9. The molecule has 27 heavy (non-hydrogen) atoms. The van der Waals surface area contributed by atoms with E-state index in [1.807, 2.05) is 0 Å². The molecule has 1 radical (unpaired) electrons. The van der Waals surface area contributed by atoms with Crippen molar-refractivity contribution in [3.63, 3.8) is 0 Å². The molecule has 2 aromatic carbocycles. The molecule has 2 rings (SSSR count). The Morgan fingerprint density at radius 2 is 1.59 bits per heavy atom. The summed E-state index contributed by atoms with van der Waals surface area (Å²) >= 11 is 0. The van der Waals surface area contributed by atoms with Crippen molar-refractivity contribution in [1.29, 1.82) is 0 Å². The lowest BCUT2D eigenvalue weighted by Crippen LogP contribution is -2.16. The molecular weight excluding hydrogens is 363 g/mol. The first kappa shape index (κ1) is 20.9. The number of hydrogen-bond acceptors (Lipinski definition) is 5. The van der Waals surface area contributed by atoms with E-state index in [4.69, 9.17) is 14.2 Å². The van der Waals surface area contributed by atoms with Crippen LogP contribution in [0.4, 0.5) is 0 Å². The summed E-state index contributed by atoms with van der Waals surface area (Å²) in [4.78, 5) is 13.3. The van der Waals surface area contributed by atoms with Gasteiger partial charge in [0.15, 0.2) is 0 Å². The maximum Gasteiger partial charge on any atom is 0.201 e. The number of carbonyl (C=O) groups excluding carboxylic acids is 1. The van der Waals surface area contributed by atoms with Gasteiger partial charge in [-0.2, -0.15) is 0 Å². The molecule has 1 atom stereocenters. The first-order valence-electron chi connectivity index (χ1n) is 8.81. The molecular formula is C21H26O5P. The highest BCUT2D eigenvalue weighted by molar-refractivity contribution is 7.53. The quantitative estimate of drug-likeness (QED) is 0.469. The Labute approximate surface area is 161 Å². The third-order valence-electron chi connectivity index (χ3n) is 4.27. The molecule has 0 saturated heterocycles. The van der Waals surface area contributed by atoms with E-state index < -0.39 is 7.80 Å². The smallest absolute Gasteiger partial charge is 0.201 e. The minimum Gasteiger partial charge on any atom is -0.496 e. The highest BCUT2D eigenvalue weighted by Crippen LogP contribution is 2.36. The number of ketones is 1. The van der Waals surface area contributed by atoms with Gasteiger partial charge >= 0.3 is 0 Å². The van der Waals surface area contributed by atoms with Crippen LogP contribution in [0.1, 0.15) is 36.2 Å². The van der Waals surface area contributed by atoms with Crippen LogP contribution in [0.5, 0.6) is 17.2 Å². The Hall–Kier alpha value is -2.39. The molecule has 5 nitrogen and oxygen atoms in total. The Morgan fingerprint density at radius 3 is 2.11 bits per heavy atom. The van der Waals surface area contributed by atoms with E-state index in [1.54, 1.807) is 36.4 Å². The Morgan fingerprint density at radius 1 is 1.00 bits per heavy atom. The number of carbonyl (C=O) groups is 1. The molecule has 145 valence electrons. The maximum atomic E-state index is 13.3. The fourth-order valence-corrected chi connectivity index (χ4v) is 4.43. The third kappa shape index (κ3) is 4.86. The minimum absolute atomic E-state index is 0.283. The molecule has 0 aliphatic carbocycles. The lowest BCUT2D eigenvalue weighted by molar-refractivity contribution is 0.103. The van der Waals surface area contributed by atoms with Gasteiger partial charge in [-0.25, -0.2) is 0 Å². The van der Waals surface area contributed by atoms with Crippen molar-refractivity contribution in [3.05, 3.63) is 47.5 Å². The van der Waals surface area contributed by atoms with E-state index in [-0.39, 0.29) is 5.78 Å². The Balaban J connectivity index is 2.52. The molecule has 0 saturated carbocycles. The average Bonchev–Trinajstić information content (AvgIpc) is 2.70. The molecule has 0 heterocycles. The molecule has 0 N–H and O–H groups in total. The van der Waals surface area contributed by atoms with Crippen LogP contribution in [0.2, 0.25) is 0 Å². The molecule has 0 aliphatic heterocycles. The van der Waals surface area contributed by atoms with Crippen molar-refractivity contribution < 1.29 is 23.6 Å². The zero-order valence-electron chi connectivity index (χ0n) is 16.4. The summed E-state index contributed by atoms with van der Waals surface area (Å²) in [5, 5.41) is 0.568. The number of benzene rings is 2. The number of hydrogen-bond donors (Lipinski definition) is 0. The van der Waals surface area contributed by atoms with E-state index in [0.29, 0.717) is 45.8 Å². The first-order chi connectivity index (χ1) is 12.9. The first-order valence-corrected chi connectivity index (χ1v) is 10.3. The topological polar surface area (TPSA) is 61.8 Å². The van der Waals surface area contributed by atoms with Gasteiger partial charge in [0, 0.05) is 29.2 Å². The molecule has 0 bridgehead atoms. The minimum atomic E-state index is -1.67. The van der Waals surface area contributed by atoms with E-state index in [9.17, 15) is 9.36 Å². The molecule has 0 spiro atoms. The van der Waals surface area contributed by atoms with Gasteiger partial charge in [0.05, 0.1) is 21.3 Å². The van der Waals surface area contributed by atoms with Gasteiger partial charge in [0.25, 0.3) is 0 Å². The molecule has 0 aliphatic rings. The second-order valence-electron chi connectivity index (χ2n) is 6.54. The van der Waals surface area contributed by atoms with E-state index in [2.05, 4.69) is 13.8 Å². The Bertz CT molecular complexity index is 804. The normalized spacial score (nSPS) is 11.3. The van der Waals surface area contributed by atoms with E-state index in [0.717, 1.165) is 6.42 Å². The predicted molar refractivity (Wildman–Crippen MR) is 108 cm³/mol. The largest absolute Gasteiger partial charge is 0.496 e. The third-order valence-corrected chi connectivity index (χ3v) is 5.86. The van der Waals surface area contributed by atoms with Gasteiger partial charge in [-0.1, -0.05) is 26.0 Å². The fraction of sp³-hybridized carbons (Fsp3) is 0.381. The molecule has 2 aromatic rings. The standard InChI is InChI=1S/C21H26O5P/c1-14(2)10-11-27(23)19-9-7-6-8-16(19)21(22)20-17(25-4)12-15(24-3)13-18(20)26-5/h6-9,12-14H,10-11H2,1-5H3. The highest BCUT2D eigenvalue weighted by atomic mass is 31.1. The molecule has 0 fully saturated rings. The lowest BCUT2D eigenvalue weighted by Gasteiger charge is -2.15. The summed E-state index contributed by atoms with van der Waals surface area (Å²) in [5.74, 6) is 1.40. The predicted octanol–water partition coefficient (Wildman–Crippen LogP) is 4.44. The maximum absolute atomic E-state index is 13.3. The van der Waals surface area contributed by atoms with Crippen LogP contribution < -0.4 is 19.5 Å². The molecule has 1 unspecified atom stereocenters. The van der Waals surface area contributed by atoms with Crippen LogP contribution in [0.25, 0.3) is 0 Å². The lowest BCUT2D eigenvalue weighted by atomic mass is 10.0. The summed E-state index contributed by atoms with van der Waals surface area (Å²) in [6.45, 7) is 4.18. The molecule has 0 aromatic heterocycles. The summed E-state index contributed by atoms with van der Waals surface area (Å²) in [6, 6.07) is 10.3. The van der Waals surface area contributed by atoms with Crippen molar-refractivity contribution in [2.75, 3.05) is 27.5 Å². The van der Waals surface area contributed by atoms with Crippen LogP contribution in [0.15, 0.2) is 36.4 Å². The van der Waals surface area contributed by atoms with Gasteiger partial charge in [-0.05, 0) is 24.5 Å². The van der Waals surface area contributed by atoms with Crippen LogP contribution in [-0.2, 0) is 4.57 Å². The number of methoxy groups -OCH3 is 3. The van der Waals surface area contributed by atoms with Crippen molar-refractivity contribution in [2.45, 2.75) is 20.3 Å². The zero-order valence-corrected chi connectivity index (χ0v) is 17.3. The van der Waals surface area contributed by atoms with Crippen LogP contribution >= 0.6 is 7.80 Å².